The van der Waals surface area contributed by atoms with E-state index in [2.05, 4.69) is 20.9 Å². The third kappa shape index (κ3) is 4.69. The first-order chi connectivity index (χ1) is 21.8. The molecule has 234 valence electrons. The molecule has 1 N–H and O–H groups in total. The first-order valence-corrected chi connectivity index (χ1v) is 17.9. The second-order valence-electron chi connectivity index (χ2n) is 12.6. The summed E-state index contributed by atoms with van der Waals surface area (Å²) in [6.07, 6.45) is 3.95. The standard InChI is InChI=1S/C33H32BrN3O6S2/c1-42-18-8-6-17(7-9-18)37-31(39)26-20-14-21(27(26)32(37)40)28-25(20)24(29-30(44-28)35-33(41)45-29)19-13-16(34)5-10-22(19)43-15-23(38)36-11-3-2-4-12-36/h5-10,13,20-21,24-28H,2-4,11-12,14-15H2,1H3,(H,35,41)/t20-,21-,24-,25?,26?,27?,28?/m1/s1. The van der Waals surface area contributed by atoms with E-state index in [4.69, 9.17) is 9.47 Å². The van der Waals surface area contributed by atoms with Crippen LogP contribution in [-0.2, 0) is 14.4 Å². The van der Waals surface area contributed by atoms with Gasteiger partial charge < -0.3 is 19.4 Å². The molecule has 5 aliphatic rings. The number of likely N-dealkylation sites (tertiary alicyclic amines) is 1. The second-order valence-corrected chi connectivity index (χ2v) is 15.7. The lowest BCUT2D eigenvalue weighted by Gasteiger charge is -2.43. The van der Waals surface area contributed by atoms with E-state index < -0.39 is 5.92 Å². The van der Waals surface area contributed by atoms with Crippen molar-refractivity contribution in [3.63, 3.8) is 0 Å². The van der Waals surface area contributed by atoms with Gasteiger partial charge in [0.05, 0.1) is 29.7 Å². The quantitative estimate of drug-likeness (QED) is 0.347. The summed E-state index contributed by atoms with van der Waals surface area (Å²) in [7, 11) is 1.58. The van der Waals surface area contributed by atoms with E-state index in [0.717, 1.165) is 58.7 Å². The number of benzene rings is 2. The summed E-state index contributed by atoms with van der Waals surface area (Å²) in [5.41, 5.74) is 1.46. The van der Waals surface area contributed by atoms with Gasteiger partial charge in [-0.2, -0.15) is 0 Å². The van der Waals surface area contributed by atoms with Gasteiger partial charge in [-0.3, -0.25) is 24.1 Å². The Morgan fingerprint density at radius 3 is 2.47 bits per heavy atom. The fraction of sp³-hybridized carbons (Fsp3) is 0.455. The maximum Gasteiger partial charge on any atom is 0.305 e. The summed E-state index contributed by atoms with van der Waals surface area (Å²) in [6.45, 7) is 1.46. The zero-order valence-electron chi connectivity index (χ0n) is 24.6. The smallest absolute Gasteiger partial charge is 0.305 e. The van der Waals surface area contributed by atoms with Crippen LogP contribution in [0.4, 0.5) is 5.69 Å². The topological polar surface area (TPSA) is 109 Å². The SMILES string of the molecule is COc1ccc(N2C(=O)C3C(C2=O)[C@@H]2C[C@H]3C3Sc4[nH]c(=O)sc4[C@H](c4cc(Br)ccc4OCC(=O)N4CCCCC4)C32)cc1. The monoisotopic (exact) mass is 709 g/mol. The highest BCUT2D eigenvalue weighted by molar-refractivity contribution is 9.10. The van der Waals surface area contributed by atoms with E-state index in [-0.39, 0.29) is 64.0 Å². The lowest BCUT2D eigenvalue weighted by Crippen LogP contribution is -2.43. The molecule has 2 aliphatic carbocycles. The number of hydrogen-bond acceptors (Lipinski definition) is 8. The molecule has 12 heteroatoms. The lowest BCUT2D eigenvalue weighted by atomic mass is 9.68. The summed E-state index contributed by atoms with van der Waals surface area (Å²) >= 11 is 6.51. The number of nitrogens with one attached hydrogen (secondary N) is 1. The number of thioether (sulfide) groups is 1. The number of thiazole rings is 1. The molecule has 0 spiro atoms. The van der Waals surface area contributed by atoms with Crippen molar-refractivity contribution in [1.29, 1.82) is 0 Å². The molecule has 2 saturated heterocycles. The number of aromatic amines is 1. The minimum absolute atomic E-state index is 0.00551. The van der Waals surface area contributed by atoms with Crippen molar-refractivity contribution in [3.05, 3.63) is 67.0 Å². The number of methoxy groups -OCH3 is 1. The highest BCUT2D eigenvalue weighted by Crippen LogP contribution is 2.69. The Labute approximate surface area is 276 Å². The van der Waals surface area contributed by atoms with Crippen LogP contribution in [0.25, 0.3) is 0 Å². The third-order valence-corrected chi connectivity index (χ3v) is 13.5. The molecular formula is C33H32BrN3O6S2. The van der Waals surface area contributed by atoms with Crippen molar-refractivity contribution in [3.8, 4) is 11.5 Å². The molecule has 7 atom stereocenters. The van der Waals surface area contributed by atoms with Gasteiger partial charge in [0.25, 0.3) is 5.91 Å². The number of anilines is 1. The number of halogens is 1. The molecule has 9 nitrogen and oxygen atoms in total. The molecule has 4 heterocycles. The van der Waals surface area contributed by atoms with Crippen molar-refractivity contribution in [1.82, 2.24) is 9.88 Å². The number of H-pyrrole nitrogens is 1. The summed E-state index contributed by atoms with van der Waals surface area (Å²) in [4.78, 5) is 61.0. The largest absolute Gasteiger partial charge is 0.497 e. The van der Waals surface area contributed by atoms with Crippen LogP contribution >= 0.6 is 39.0 Å². The van der Waals surface area contributed by atoms with Crippen molar-refractivity contribution in [2.45, 2.75) is 41.9 Å². The number of carbonyl (C=O) groups excluding carboxylic acids is 3. The maximum atomic E-state index is 14.1. The second kappa shape index (κ2) is 11.3. The van der Waals surface area contributed by atoms with Crippen LogP contribution in [0.1, 0.15) is 42.0 Å². The van der Waals surface area contributed by atoms with Gasteiger partial charge in [-0.25, -0.2) is 0 Å². The third-order valence-electron chi connectivity index (χ3n) is 10.4. The molecule has 8 rings (SSSR count). The van der Waals surface area contributed by atoms with Gasteiger partial charge in [0.2, 0.25) is 11.8 Å². The predicted molar refractivity (Wildman–Crippen MR) is 174 cm³/mol. The summed E-state index contributed by atoms with van der Waals surface area (Å²) in [5, 5.41) is 0.882. The number of fused-ring (bicyclic) bond motifs is 9. The van der Waals surface area contributed by atoms with Crippen LogP contribution in [0.15, 0.2) is 56.8 Å². The Morgan fingerprint density at radius 2 is 1.73 bits per heavy atom. The highest BCUT2D eigenvalue weighted by atomic mass is 79.9. The average molecular weight is 711 g/mol. The van der Waals surface area contributed by atoms with E-state index in [1.165, 1.54) is 16.2 Å². The highest BCUT2D eigenvalue weighted by Gasteiger charge is 2.69. The number of imide groups is 1. The lowest BCUT2D eigenvalue weighted by molar-refractivity contribution is -0.134. The average Bonchev–Trinajstić information content (AvgIpc) is 3.79. The number of amides is 3. The van der Waals surface area contributed by atoms with Crippen molar-refractivity contribution < 1.29 is 23.9 Å². The van der Waals surface area contributed by atoms with Gasteiger partial charge in [0.15, 0.2) is 6.61 Å². The number of piperidine rings is 1. The Balaban J connectivity index is 1.15. The zero-order chi connectivity index (χ0) is 31.0. The molecule has 45 heavy (non-hydrogen) atoms. The van der Waals surface area contributed by atoms with Gasteiger partial charge in [0, 0.05) is 39.2 Å². The molecule has 0 radical (unpaired) electrons. The minimum Gasteiger partial charge on any atom is -0.497 e. The number of hydrogen-bond donors (Lipinski definition) is 1. The van der Waals surface area contributed by atoms with Crippen LogP contribution in [0.2, 0.25) is 0 Å². The molecule has 1 aromatic heterocycles. The molecule has 3 amide bonds. The fourth-order valence-electron chi connectivity index (χ4n) is 8.62. The number of ether oxygens (including phenoxy) is 2. The first-order valence-electron chi connectivity index (χ1n) is 15.5. The van der Waals surface area contributed by atoms with Gasteiger partial charge >= 0.3 is 4.87 Å². The number of carbonyl (C=O) groups is 3. The van der Waals surface area contributed by atoms with Gasteiger partial charge in [-0.15, -0.1) is 11.8 Å². The number of nitrogens with zero attached hydrogens (tertiary/aromatic N) is 2. The van der Waals surface area contributed by atoms with E-state index in [0.29, 0.717) is 17.2 Å². The molecule has 3 aliphatic heterocycles. The van der Waals surface area contributed by atoms with Gasteiger partial charge in [-0.1, -0.05) is 27.3 Å². The number of aromatic nitrogens is 1. The van der Waals surface area contributed by atoms with E-state index in [9.17, 15) is 19.2 Å². The van der Waals surface area contributed by atoms with Gasteiger partial charge in [-0.05, 0) is 85.9 Å². The Hall–Kier alpha value is -3.09. The summed E-state index contributed by atoms with van der Waals surface area (Å²) in [5.74, 6) is -0.0588. The van der Waals surface area contributed by atoms with Crippen LogP contribution < -0.4 is 19.2 Å². The van der Waals surface area contributed by atoms with Crippen LogP contribution in [-0.4, -0.2) is 59.7 Å². The van der Waals surface area contributed by atoms with Crippen molar-refractivity contribution in [2.24, 2.45) is 29.6 Å². The molecule has 4 fully saturated rings. The van der Waals surface area contributed by atoms with E-state index in [1.54, 1.807) is 43.1 Å². The van der Waals surface area contributed by atoms with Crippen molar-refractivity contribution >= 4 is 62.4 Å². The molecule has 3 aromatic rings. The molecule has 4 unspecified atom stereocenters. The molecule has 2 saturated carbocycles. The Bertz CT molecular complexity index is 1750. The summed E-state index contributed by atoms with van der Waals surface area (Å²) < 4.78 is 12.4. The molecule has 2 bridgehead atoms. The molecular weight excluding hydrogens is 678 g/mol. The Kier molecular flexibility index (Phi) is 7.37. The van der Waals surface area contributed by atoms with E-state index in [1.807, 2.05) is 23.1 Å². The van der Waals surface area contributed by atoms with E-state index >= 15 is 0 Å². The van der Waals surface area contributed by atoms with Crippen molar-refractivity contribution in [2.75, 3.05) is 31.7 Å². The predicted octanol–water partition coefficient (Wildman–Crippen LogP) is 5.28. The normalized spacial score (nSPS) is 29.9. The minimum atomic E-state index is -0.414. The first kappa shape index (κ1) is 29.3. The van der Waals surface area contributed by atoms with Crippen LogP contribution in [0, 0.1) is 29.6 Å². The summed E-state index contributed by atoms with van der Waals surface area (Å²) in [6, 6.07) is 12.9. The fourth-order valence-corrected chi connectivity index (χ4v) is 11.9. The number of rotatable bonds is 6. The van der Waals surface area contributed by atoms with Crippen LogP contribution in [0.5, 0.6) is 11.5 Å². The molecule has 2 aromatic carbocycles. The maximum absolute atomic E-state index is 14.1. The Morgan fingerprint density at radius 1 is 1.00 bits per heavy atom. The zero-order valence-corrected chi connectivity index (χ0v) is 27.8. The van der Waals surface area contributed by atoms with Crippen LogP contribution in [0.3, 0.4) is 0 Å². The van der Waals surface area contributed by atoms with Gasteiger partial charge in [0.1, 0.15) is 11.5 Å².